The molecule has 1 N–H and O–H groups in total. The van der Waals surface area contributed by atoms with Gasteiger partial charge in [-0.05, 0) is 23.8 Å². The third kappa shape index (κ3) is 5.60. The number of hydrogen-bond donors (Lipinski definition) is 1. The molecule has 0 fully saturated rings. The van der Waals surface area contributed by atoms with E-state index < -0.39 is 35.1 Å². The molecule has 142 valence electrons. The van der Waals surface area contributed by atoms with Gasteiger partial charge >= 0.3 is 5.97 Å². The second kappa shape index (κ2) is 8.88. The molecule has 0 aliphatic heterocycles. The minimum Gasteiger partial charge on any atom is -0.502 e. The summed E-state index contributed by atoms with van der Waals surface area (Å²) in [5.41, 5.74) is 0.552. The number of nitrogens with zero attached hydrogens (tertiary/aromatic N) is 1. The van der Waals surface area contributed by atoms with Crippen LogP contribution < -0.4 is 0 Å². The third-order valence-corrected chi connectivity index (χ3v) is 3.63. The van der Waals surface area contributed by atoms with E-state index in [1.165, 1.54) is 30.3 Å². The van der Waals surface area contributed by atoms with E-state index in [0.29, 0.717) is 17.7 Å². The quantitative estimate of drug-likeness (QED) is 0.475. The smallest absolute Gasteiger partial charge is 0.373 e. The maximum Gasteiger partial charge on any atom is 0.373 e. The van der Waals surface area contributed by atoms with Gasteiger partial charge in [-0.3, -0.25) is 4.79 Å². The molecule has 5 nitrogen and oxygen atoms in total. The van der Waals surface area contributed by atoms with Crippen molar-refractivity contribution < 1.29 is 32.6 Å². The SMILES string of the molecule is COC(=O)/C(O)=C/C(=O)N(Cc1ccc(F)cc1)Cc1ccc(F)cc1F. The van der Waals surface area contributed by atoms with Crippen molar-refractivity contribution in [1.82, 2.24) is 4.90 Å². The van der Waals surface area contributed by atoms with E-state index in [2.05, 4.69) is 4.74 Å². The van der Waals surface area contributed by atoms with Gasteiger partial charge in [-0.15, -0.1) is 0 Å². The Balaban J connectivity index is 2.30. The van der Waals surface area contributed by atoms with Crippen LogP contribution >= 0.6 is 0 Å². The van der Waals surface area contributed by atoms with Gasteiger partial charge in [-0.1, -0.05) is 18.2 Å². The molecule has 0 aliphatic rings. The first-order valence-corrected chi connectivity index (χ1v) is 7.76. The van der Waals surface area contributed by atoms with Gasteiger partial charge in [-0.2, -0.15) is 0 Å². The molecule has 1 amide bonds. The molecule has 27 heavy (non-hydrogen) atoms. The average molecular weight is 379 g/mol. The first-order chi connectivity index (χ1) is 12.8. The summed E-state index contributed by atoms with van der Waals surface area (Å²) in [4.78, 5) is 24.8. The van der Waals surface area contributed by atoms with Crippen molar-refractivity contribution in [3.63, 3.8) is 0 Å². The van der Waals surface area contributed by atoms with E-state index >= 15 is 0 Å². The molecule has 0 saturated heterocycles. The molecule has 2 aromatic carbocycles. The zero-order valence-corrected chi connectivity index (χ0v) is 14.3. The summed E-state index contributed by atoms with van der Waals surface area (Å²) in [6, 6.07) is 8.15. The molecule has 0 unspecified atom stereocenters. The summed E-state index contributed by atoms with van der Waals surface area (Å²) in [6.07, 6.45) is 0.636. The van der Waals surface area contributed by atoms with Gasteiger partial charge in [-0.25, -0.2) is 18.0 Å². The molecule has 0 heterocycles. The Hall–Kier alpha value is -3.29. The number of halogens is 3. The summed E-state index contributed by atoms with van der Waals surface area (Å²) >= 11 is 0. The predicted molar refractivity (Wildman–Crippen MR) is 89.7 cm³/mol. The molecule has 8 heteroatoms. The second-order valence-electron chi connectivity index (χ2n) is 5.58. The second-order valence-corrected chi connectivity index (χ2v) is 5.58. The first kappa shape index (κ1) is 20.0. The van der Waals surface area contributed by atoms with Crippen LogP contribution in [0.3, 0.4) is 0 Å². The molecule has 0 atom stereocenters. The highest BCUT2D eigenvalue weighted by molar-refractivity contribution is 5.96. The standard InChI is InChI=1S/C19H16F3NO4/c1-27-19(26)17(24)9-18(25)23(10-12-2-5-14(20)6-3-12)11-13-4-7-15(21)8-16(13)22/h2-9,24H,10-11H2,1H3/b17-9-. The zero-order valence-electron chi connectivity index (χ0n) is 14.3. The lowest BCUT2D eigenvalue weighted by Gasteiger charge is -2.22. The highest BCUT2D eigenvalue weighted by Gasteiger charge is 2.18. The summed E-state index contributed by atoms with van der Waals surface area (Å²) < 4.78 is 44.4. The van der Waals surface area contributed by atoms with Crippen LogP contribution in [-0.4, -0.2) is 29.0 Å². The van der Waals surface area contributed by atoms with Crippen LogP contribution in [0.1, 0.15) is 11.1 Å². The molecule has 0 spiro atoms. The Kier molecular flexibility index (Phi) is 6.59. The third-order valence-electron chi connectivity index (χ3n) is 3.63. The zero-order chi connectivity index (χ0) is 20.0. The van der Waals surface area contributed by atoms with Crippen molar-refractivity contribution in [3.05, 3.63) is 82.9 Å². The van der Waals surface area contributed by atoms with Crippen molar-refractivity contribution in [2.45, 2.75) is 13.1 Å². The van der Waals surface area contributed by atoms with Gasteiger partial charge in [0.1, 0.15) is 17.5 Å². The Morgan fingerprint density at radius 2 is 1.67 bits per heavy atom. The van der Waals surface area contributed by atoms with Crippen LogP contribution in [0.5, 0.6) is 0 Å². The maximum absolute atomic E-state index is 13.9. The largest absolute Gasteiger partial charge is 0.502 e. The fraction of sp³-hybridized carbons (Fsp3) is 0.158. The maximum atomic E-state index is 13.9. The van der Waals surface area contributed by atoms with Gasteiger partial charge in [0.2, 0.25) is 5.76 Å². The Morgan fingerprint density at radius 3 is 2.26 bits per heavy atom. The van der Waals surface area contributed by atoms with Crippen LogP contribution in [0.25, 0.3) is 0 Å². The van der Waals surface area contributed by atoms with Gasteiger partial charge < -0.3 is 14.7 Å². The number of esters is 1. The number of carbonyl (C=O) groups is 2. The fourth-order valence-electron chi connectivity index (χ4n) is 2.25. The number of amides is 1. The van der Waals surface area contributed by atoms with E-state index in [1.54, 1.807) is 0 Å². The highest BCUT2D eigenvalue weighted by atomic mass is 19.1. The van der Waals surface area contributed by atoms with Crippen molar-refractivity contribution in [2.75, 3.05) is 7.11 Å². The first-order valence-electron chi connectivity index (χ1n) is 7.76. The van der Waals surface area contributed by atoms with E-state index in [1.807, 2.05) is 0 Å². The Labute approximate surface area is 153 Å². The van der Waals surface area contributed by atoms with Crippen LogP contribution in [0.15, 0.2) is 54.3 Å². The molecule has 0 aliphatic carbocycles. The molecular weight excluding hydrogens is 363 g/mol. The summed E-state index contributed by atoms with van der Waals surface area (Å²) in [6.45, 7) is -0.339. The molecule has 0 bridgehead atoms. The number of methoxy groups -OCH3 is 1. The summed E-state index contributed by atoms with van der Waals surface area (Å²) in [7, 11) is 1.03. The molecule has 0 aromatic heterocycles. The molecule has 0 saturated carbocycles. The number of aliphatic hydroxyl groups excluding tert-OH is 1. The van der Waals surface area contributed by atoms with Gasteiger partial charge in [0.25, 0.3) is 5.91 Å². The van der Waals surface area contributed by atoms with E-state index in [9.17, 15) is 27.9 Å². The topological polar surface area (TPSA) is 66.8 Å². The number of aliphatic hydroxyl groups is 1. The molecule has 2 rings (SSSR count). The van der Waals surface area contributed by atoms with Gasteiger partial charge in [0.15, 0.2) is 0 Å². The van der Waals surface area contributed by atoms with E-state index in [0.717, 1.165) is 18.1 Å². The number of ether oxygens (including phenoxy) is 1. The highest BCUT2D eigenvalue weighted by Crippen LogP contribution is 2.16. The lowest BCUT2D eigenvalue weighted by Crippen LogP contribution is -2.29. The predicted octanol–water partition coefficient (Wildman–Crippen LogP) is 3.25. The monoisotopic (exact) mass is 379 g/mol. The van der Waals surface area contributed by atoms with Crippen LogP contribution in [-0.2, 0) is 27.4 Å². The Morgan fingerprint density at radius 1 is 1.04 bits per heavy atom. The van der Waals surface area contributed by atoms with Gasteiger partial charge in [0, 0.05) is 24.7 Å². The lowest BCUT2D eigenvalue weighted by molar-refractivity contribution is -0.139. The van der Waals surface area contributed by atoms with Crippen molar-refractivity contribution >= 4 is 11.9 Å². The van der Waals surface area contributed by atoms with Crippen LogP contribution in [0, 0.1) is 17.5 Å². The summed E-state index contributed by atoms with van der Waals surface area (Å²) in [5, 5.41) is 9.56. The number of carbonyl (C=O) groups excluding carboxylic acids is 2. The lowest BCUT2D eigenvalue weighted by atomic mass is 10.1. The normalized spacial score (nSPS) is 11.2. The Bertz CT molecular complexity index is 866. The molecular formula is C19H16F3NO4. The van der Waals surface area contributed by atoms with Gasteiger partial charge in [0.05, 0.1) is 13.2 Å². The van der Waals surface area contributed by atoms with E-state index in [-0.39, 0.29) is 18.7 Å². The number of benzene rings is 2. The number of rotatable bonds is 6. The number of hydrogen-bond acceptors (Lipinski definition) is 4. The minimum absolute atomic E-state index is 0.0258. The average Bonchev–Trinajstić information content (AvgIpc) is 2.64. The minimum atomic E-state index is -1.11. The summed E-state index contributed by atoms with van der Waals surface area (Å²) in [5.74, 6) is -4.94. The van der Waals surface area contributed by atoms with Crippen molar-refractivity contribution in [2.24, 2.45) is 0 Å². The molecule has 2 aromatic rings. The van der Waals surface area contributed by atoms with E-state index in [4.69, 9.17) is 0 Å². The van der Waals surface area contributed by atoms with Crippen LogP contribution in [0.2, 0.25) is 0 Å². The molecule has 0 radical (unpaired) electrons. The fourth-order valence-corrected chi connectivity index (χ4v) is 2.25. The van der Waals surface area contributed by atoms with Crippen molar-refractivity contribution in [1.29, 1.82) is 0 Å². The van der Waals surface area contributed by atoms with Crippen molar-refractivity contribution in [3.8, 4) is 0 Å². The van der Waals surface area contributed by atoms with Crippen LogP contribution in [0.4, 0.5) is 13.2 Å².